The predicted octanol–water partition coefficient (Wildman–Crippen LogP) is 3.19. The van der Waals surface area contributed by atoms with E-state index in [1.165, 1.54) is 0 Å². The van der Waals surface area contributed by atoms with E-state index in [2.05, 4.69) is 15.1 Å². The number of piperidine rings is 1. The molecular formula is C18H18N4O3S. The number of hydrogen-bond acceptors (Lipinski definition) is 7. The van der Waals surface area contributed by atoms with E-state index >= 15 is 0 Å². The second kappa shape index (κ2) is 7.25. The van der Waals surface area contributed by atoms with Crippen LogP contribution in [0.4, 0.5) is 0 Å². The first-order chi connectivity index (χ1) is 12.7. The minimum atomic E-state index is -0.135. The Morgan fingerprint density at radius 3 is 3.15 bits per heavy atom. The van der Waals surface area contributed by atoms with Crippen LogP contribution in [0.3, 0.4) is 0 Å². The summed E-state index contributed by atoms with van der Waals surface area (Å²) in [6.45, 7) is 3.01. The third-order valence-electron chi connectivity index (χ3n) is 4.20. The highest BCUT2D eigenvalue weighted by atomic mass is 32.1. The van der Waals surface area contributed by atoms with Crippen LogP contribution in [-0.4, -0.2) is 45.1 Å². The van der Waals surface area contributed by atoms with Crippen molar-refractivity contribution in [1.29, 1.82) is 0 Å². The number of nitrogens with zero attached hydrogens (tertiary/aromatic N) is 4. The predicted molar refractivity (Wildman–Crippen MR) is 96.1 cm³/mol. The van der Waals surface area contributed by atoms with Crippen molar-refractivity contribution in [3.05, 3.63) is 47.4 Å². The molecule has 4 heterocycles. The molecule has 1 unspecified atom stereocenters. The van der Waals surface area contributed by atoms with Gasteiger partial charge in [0.05, 0.1) is 11.4 Å². The van der Waals surface area contributed by atoms with Gasteiger partial charge in [0.2, 0.25) is 5.88 Å². The van der Waals surface area contributed by atoms with Crippen LogP contribution in [0.25, 0.3) is 10.6 Å². The maximum absolute atomic E-state index is 12.8. The molecule has 0 saturated carbocycles. The summed E-state index contributed by atoms with van der Waals surface area (Å²) in [6.07, 6.45) is 3.33. The van der Waals surface area contributed by atoms with Crippen LogP contribution in [0.5, 0.6) is 5.88 Å². The van der Waals surface area contributed by atoms with Crippen LogP contribution in [0.2, 0.25) is 0 Å². The lowest BCUT2D eigenvalue weighted by Gasteiger charge is -2.32. The molecule has 7 nitrogen and oxygen atoms in total. The molecule has 1 amide bonds. The summed E-state index contributed by atoms with van der Waals surface area (Å²) >= 11 is 1.55. The van der Waals surface area contributed by atoms with Crippen LogP contribution in [0, 0.1) is 6.92 Å². The van der Waals surface area contributed by atoms with E-state index < -0.39 is 0 Å². The normalized spacial score (nSPS) is 17.3. The fourth-order valence-electron chi connectivity index (χ4n) is 2.96. The number of aromatic nitrogens is 3. The molecule has 0 N–H and O–H groups in total. The van der Waals surface area contributed by atoms with Gasteiger partial charge in [0.15, 0.2) is 11.5 Å². The van der Waals surface area contributed by atoms with Crippen LogP contribution in [0.1, 0.15) is 29.2 Å². The molecule has 0 spiro atoms. The number of aryl methyl sites for hydroxylation is 1. The SMILES string of the molecule is Cc1nccc(OC2CCCN(C(=O)c3cc(-c4cccs4)on3)C2)n1. The quantitative estimate of drug-likeness (QED) is 0.702. The zero-order valence-electron chi connectivity index (χ0n) is 14.3. The molecule has 1 aliphatic rings. The topological polar surface area (TPSA) is 81.4 Å². The Labute approximate surface area is 154 Å². The molecule has 26 heavy (non-hydrogen) atoms. The number of amides is 1. The van der Waals surface area contributed by atoms with Gasteiger partial charge in [0.1, 0.15) is 11.9 Å². The van der Waals surface area contributed by atoms with Gasteiger partial charge in [0.25, 0.3) is 5.91 Å². The molecule has 0 aromatic carbocycles. The maximum Gasteiger partial charge on any atom is 0.276 e. The Kier molecular flexibility index (Phi) is 4.66. The number of thiophene rings is 1. The fraction of sp³-hybridized carbons (Fsp3) is 0.333. The van der Waals surface area contributed by atoms with Gasteiger partial charge in [-0.1, -0.05) is 11.2 Å². The molecule has 134 valence electrons. The van der Waals surface area contributed by atoms with Crippen molar-refractivity contribution in [3.8, 4) is 16.5 Å². The van der Waals surface area contributed by atoms with Crippen LogP contribution < -0.4 is 4.74 Å². The molecule has 8 heteroatoms. The summed E-state index contributed by atoms with van der Waals surface area (Å²) in [4.78, 5) is 23.8. The zero-order chi connectivity index (χ0) is 17.9. The Morgan fingerprint density at radius 2 is 2.35 bits per heavy atom. The standard InChI is InChI=1S/C18H18N4O3S/c1-12-19-7-6-17(20-12)24-13-4-2-8-22(11-13)18(23)14-10-15(25-21-14)16-5-3-9-26-16/h3,5-7,9-10,13H,2,4,8,11H2,1H3. The molecule has 3 aromatic heterocycles. The van der Waals surface area contributed by atoms with Gasteiger partial charge < -0.3 is 14.2 Å². The van der Waals surface area contributed by atoms with E-state index in [0.717, 1.165) is 17.7 Å². The van der Waals surface area contributed by atoms with E-state index in [0.29, 0.717) is 36.2 Å². The monoisotopic (exact) mass is 370 g/mol. The number of hydrogen-bond donors (Lipinski definition) is 0. The minimum Gasteiger partial charge on any atom is -0.472 e. The smallest absolute Gasteiger partial charge is 0.276 e. The second-order valence-electron chi connectivity index (χ2n) is 6.13. The molecule has 4 rings (SSSR count). The number of carbonyl (C=O) groups excluding carboxylic acids is 1. The van der Waals surface area contributed by atoms with Crippen LogP contribution in [0.15, 0.2) is 40.4 Å². The van der Waals surface area contributed by atoms with Crippen molar-refractivity contribution in [3.63, 3.8) is 0 Å². The molecule has 1 aliphatic heterocycles. The zero-order valence-corrected chi connectivity index (χ0v) is 15.1. The molecule has 1 atom stereocenters. The third kappa shape index (κ3) is 3.60. The molecule has 0 aliphatic carbocycles. The first-order valence-corrected chi connectivity index (χ1v) is 9.33. The van der Waals surface area contributed by atoms with Crippen molar-refractivity contribution in [2.45, 2.75) is 25.9 Å². The lowest BCUT2D eigenvalue weighted by Crippen LogP contribution is -2.44. The maximum atomic E-state index is 12.8. The molecule has 3 aromatic rings. The first-order valence-electron chi connectivity index (χ1n) is 8.45. The molecule has 0 bridgehead atoms. The number of rotatable bonds is 4. The Balaban J connectivity index is 1.43. The fourth-order valence-corrected chi connectivity index (χ4v) is 3.64. The van der Waals surface area contributed by atoms with E-state index in [1.54, 1.807) is 34.6 Å². The summed E-state index contributed by atoms with van der Waals surface area (Å²) in [5, 5.41) is 5.91. The number of likely N-dealkylation sites (tertiary alicyclic amines) is 1. The molecule has 1 saturated heterocycles. The van der Waals surface area contributed by atoms with Gasteiger partial charge in [-0.05, 0) is 31.2 Å². The largest absolute Gasteiger partial charge is 0.472 e. The first kappa shape index (κ1) is 16.7. The van der Waals surface area contributed by atoms with Crippen molar-refractivity contribution < 1.29 is 14.1 Å². The summed E-state index contributed by atoms with van der Waals surface area (Å²) in [5.74, 6) is 1.68. The molecular weight excluding hydrogens is 352 g/mol. The Bertz CT molecular complexity index is 893. The Hall–Kier alpha value is -2.74. The summed E-state index contributed by atoms with van der Waals surface area (Å²) in [7, 11) is 0. The van der Waals surface area contributed by atoms with Crippen LogP contribution in [-0.2, 0) is 0 Å². The average Bonchev–Trinajstić information content (AvgIpc) is 3.33. The highest BCUT2D eigenvalue weighted by Crippen LogP contribution is 2.26. The summed E-state index contributed by atoms with van der Waals surface area (Å²) in [5.41, 5.74) is 0.326. The van der Waals surface area contributed by atoms with E-state index in [9.17, 15) is 4.79 Å². The lowest BCUT2D eigenvalue weighted by molar-refractivity contribution is 0.0518. The summed E-state index contributed by atoms with van der Waals surface area (Å²) in [6, 6.07) is 7.31. The third-order valence-corrected chi connectivity index (χ3v) is 5.08. The van der Waals surface area contributed by atoms with Gasteiger partial charge in [-0.25, -0.2) is 4.98 Å². The lowest BCUT2D eigenvalue weighted by atomic mass is 10.1. The highest BCUT2D eigenvalue weighted by molar-refractivity contribution is 7.13. The molecule has 1 fully saturated rings. The van der Waals surface area contributed by atoms with Crippen LogP contribution >= 0.6 is 11.3 Å². The van der Waals surface area contributed by atoms with Crippen molar-refractivity contribution >= 4 is 17.2 Å². The number of ether oxygens (including phenoxy) is 1. The van der Waals surface area contributed by atoms with E-state index in [1.807, 2.05) is 24.4 Å². The second-order valence-corrected chi connectivity index (χ2v) is 7.08. The number of carbonyl (C=O) groups is 1. The highest BCUT2D eigenvalue weighted by Gasteiger charge is 2.28. The van der Waals surface area contributed by atoms with Gasteiger partial charge >= 0.3 is 0 Å². The molecule has 0 radical (unpaired) electrons. The van der Waals surface area contributed by atoms with Gasteiger partial charge in [-0.2, -0.15) is 4.98 Å². The summed E-state index contributed by atoms with van der Waals surface area (Å²) < 4.78 is 11.3. The average molecular weight is 370 g/mol. The van der Waals surface area contributed by atoms with Gasteiger partial charge in [-0.15, -0.1) is 11.3 Å². The minimum absolute atomic E-state index is 0.0920. The van der Waals surface area contributed by atoms with Gasteiger partial charge in [0, 0.05) is 24.9 Å². The van der Waals surface area contributed by atoms with E-state index in [4.69, 9.17) is 9.26 Å². The van der Waals surface area contributed by atoms with Gasteiger partial charge in [-0.3, -0.25) is 4.79 Å². The van der Waals surface area contributed by atoms with Crippen molar-refractivity contribution in [2.75, 3.05) is 13.1 Å². The van der Waals surface area contributed by atoms with E-state index in [-0.39, 0.29) is 12.0 Å². The van der Waals surface area contributed by atoms with Crippen molar-refractivity contribution in [2.24, 2.45) is 0 Å². The van der Waals surface area contributed by atoms with Crippen molar-refractivity contribution in [1.82, 2.24) is 20.0 Å². The Morgan fingerprint density at radius 1 is 1.42 bits per heavy atom.